The van der Waals surface area contributed by atoms with E-state index in [1.165, 1.54) is 15.7 Å². The van der Waals surface area contributed by atoms with Crippen molar-refractivity contribution in [1.29, 1.82) is 0 Å². The summed E-state index contributed by atoms with van der Waals surface area (Å²) in [6, 6.07) is 0. The fourth-order valence-electron chi connectivity index (χ4n) is 2.04. The highest BCUT2D eigenvalue weighted by Crippen LogP contribution is 2.23. The van der Waals surface area contributed by atoms with E-state index < -0.39 is 10.0 Å². The molecule has 0 fully saturated rings. The molecule has 0 unspecified atom stereocenters. The second-order valence-corrected chi connectivity index (χ2v) is 7.04. The molecule has 0 saturated carbocycles. The van der Waals surface area contributed by atoms with Crippen LogP contribution in [0.15, 0.2) is 21.1 Å². The number of nitrogens with one attached hydrogen (secondary N) is 1. The first-order valence-corrected chi connectivity index (χ1v) is 8.39. The third-order valence-electron chi connectivity index (χ3n) is 3.12. The highest BCUT2D eigenvalue weighted by molar-refractivity contribution is 7.89. The number of nitrogens with zero attached hydrogens (tertiary/aromatic N) is 3. The van der Waals surface area contributed by atoms with Crippen LogP contribution in [0, 0.1) is 13.8 Å². The molecule has 0 saturated heterocycles. The normalized spacial score (nSPS) is 12.3. The average molecular weight is 327 g/mol. The Kier molecular flexibility index (Phi) is 3.23. The van der Waals surface area contributed by atoms with Gasteiger partial charge in [0.05, 0.1) is 5.69 Å². The maximum absolute atomic E-state index is 12.4. The monoisotopic (exact) mass is 327 g/mol. The Morgan fingerprint density at radius 2 is 2.24 bits per heavy atom. The van der Waals surface area contributed by atoms with Gasteiger partial charge in [-0.3, -0.25) is 4.40 Å². The quantitative estimate of drug-likeness (QED) is 0.740. The number of thiazole rings is 1. The predicted molar refractivity (Wildman–Crippen MR) is 77.5 cm³/mol. The van der Waals surface area contributed by atoms with Crippen LogP contribution in [-0.4, -0.2) is 23.0 Å². The maximum Gasteiger partial charge on any atom is 0.260 e. The summed E-state index contributed by atoms with van der Waals surface area (Å²) in [6.07, 6.45) is 1.62. The van der Waals surface area contributed by atoms with Gasteiger partial charge >= 0.3 is 0 Å². The van der Waals surface area contributed by atoms with Crippen molar-refractivity contribution in [3.8, 4) is 0 Å². The van der Waals surface area contributed by atoms with Crippen molar-refractivity contribution in [2.45, 2.75) is 25.4 Å². The number of imidazole rings is 1. The highest BCUT2D eigenvalue weighted by Gasteiger charge is 2.25. The van der Waals surface area contributed by atoms with Crippen molar-refractivity contribution < 1.29 is 12.9 Å². The standard InChI is InChI=1S/C11H13N5O3S2/c1-6-8(7(2)19-15-6)5-13-21(17,18)10-9(12)14-11-16(10)3-4-20-11/h3-4,13H,5,12H2,1-2H3. The van der Waals surface area contributed by atoms with E-state index in [4.69, 9.17) is 10.3 Å². The average Bonchev–Trinajstić information content (AvgIpc) is 3.03. The number of fused-ring (bicyclic) bond motifs is 1. The largest absolute Gasteiger partial charge is 0.381 e. The molecule has 0 amide bonds. The van der Waals surface area contributed by atoms with Crippen LogP contribution >= 0.6 is 11.3 Å². The number of aryl methyl sites for hydroxylation is 2. The topological polar surface area (TPSA) is 116 Å². The molecular formula is C11H13N5O3S2. The molecule has 0 radical (unpaired) electrons. The summed E-state index contributed by atoms with van der Waals surface area (Å²) in [5.74, 6) is 0.560. The Morgan fingerprint density at radius 3 is 2.90 bits per heavy atom. The van der Waals surface area contributed by atoms with Crippen molar-refractivity contribution in [2.75, 3.05) is 5.73 Å². The van der Waals surface area contributed by atoms with Gasteiger partial charge in [0.15, 0.2) is 15.8 Å². The minimum Gasteiger partial charge on any atom is -0.381 e. The number of aromatic nitrogens is 3. The molecule has 0 spiro atoms. The fraction of sp³-hybridized carbons (Fsp3) is 0.273. The maximum atomic E-state index is 12.4. The van der Waals surface area contributed by atoms with E-state index >= 15 is 0 Å². The molecule has 0 aliphatic rings. The predicted octanol–water partition coefficient (Wildman–Crippen LogP) is 1.06. The lowest BCUT2D eigenvalue weighted by Gasteiger charge is -2.06. The van der Waals surface area contributed by atoms with E-state index in [9.17, 15) is 8.42 Å². The van der Waals surface area contributed by atoms with Gasteiger partial charge in [0.1, 0.15) is 5.76 Å². The first kappa shape index (κ1) is 14.0. The van der Waals surface area contributed by atoms with E-state index in [2.05, 4.69) is 14.9 Å². The lowest BCUT2D eigenvalue weighted by atomic mass is 10.2. The number of rotatable bonds is 4. The van der Waals surface area contributed by atoms with Crippen molar-refractivity contribution in [2.24, 2.45) is 0 Å². The number of anilines is 1. The van der Waals surface area contributed by atoms with E-state index in [-0.39, 0.29) is 17.4 Å². The number of nitrogens with two attached hydrogens (primary N) is 1. The number of hydrogen-bond acceptors (Lipinski definition) is 7. The molecule has 0 aliphatic carbocycles. The van der Waals surface area contributed by atoms with Crippen molar-refractivity contribution >= 4 is 32.1 Å². The molecule has 0 bridgehead atoms. The van der Waals surface area contributed by atoms with Gasteiger partial charge in [0, 0.05) is 23.7 Å². The SMILES string of the molecule is Cc1noc(C)c1CNS(=O)(=O)c1c(N)nc2sccn12. The molecule has 3 N–H and O–H groups in total. The third kappa shape index (κ3) is 2.30. The van der Waals surface area contributed by atoms with Gasteiger partial charge in [-0.2, -0.15) is 0 Å². The minimum atomic E-state index is -3.79. The summed E-state index contributed by atoms with van der Waals surface area (Å²) in [7, 11) is -3.79. The first-order chi connectivity index (χ1) is 9.90. The Labute approximate surface area is 124 Å². The van der Waals surface area contributed by atoms with E-state index in [0.29, 0.717) is 22.0 Å². The zero-order valence-corrected chi connectivity index (χ0v) is 13.0. The minimum absolute atomic E-state index is 0.0203. The molecule has 3 heterocycles. The summed E-state index contributed by atoms with van der Waals surface area (Å²) in [5.41, 5.74) is 7.08. The zero-order valence-electron chi connectivity index (χ0n) is 11.3. The molecule has 3 aromatic heterocycles. The van der Waals surface area contributed by atoms with Gasteiger partial charge in [-0.25, -0.2) is 18.1 Å². The molecule has 21 heavy (non-hydrogen) atoms. The van der Waals surface area contributed by atoms with Gasteiger partial charge in [0.2, 0.25) is 0 Å². The zero-order chi connectivity index (χ0) is 15.2. The van der Waals surface area contributed by atoms with Crippen LogP contribution in [0.25, 0.3) is 4.96 Å². The third-order valence-corrected chi connectivity index (χ3v) is 5.31. The Balaban J connectivity index is 1.94. The molecule has 10 heteroatoms. The number of hydrogen-bond donors (Lipinski definition) is 2. The molecular weight excluding hydrogens is 314 g/mol. The summed E-state index contributed by atoms with van der Waals surface area (Å²) in [4.78, 5) is 4.56. The Morgan fingerprint density at radius 1 is 1.48 bits per heavy atom. The van der Waals surface area contributed by atoms with E-state index in [0.717, 1.165) is 0 Å². The molecule has 3 rings (SSSR count). The first-order valence-electron chi connectivity index (χ1n) is 6.02. The molecule has 8 nitrogen and oxygen atoms in total. The van der Waals surface area contributed by atoms with Crippen LogP contribution in [0.1, 0.15) is 17.0 Å². The van der Waals surface area contributed by atoms with Crippen LogP contribution in [-0.2, 0) is 16.6 Å². The summed E-state index contributed by atoms with van der Waals surface area (Å²) in [5, 5.41) is 5.48. The van der Waals surface area contributed by atoms with Crippen molar-refractivity contribution in [1.82, 2.24) is 19.3 Å². The molecule has 3 aromatic rings. The summed E-state index contributed by atoms with van der Waals surface area (Å²) >= 11 is 1.31. The molecule has 112 valence electrons. The van der Waals surface area contributed by atoms with Gasteiger partial charge in [-0.1, -0.05) is 5.16 Å². The van der Waals surface area contributed by atoms with E-state index in [1.54, 1.807) is 25.4 Å². The smallest absolute Gasteiger partial charge is 0.260 e. The van der Waals surface area contributed by atoms with Crippen molar-refractivity contribution in [3.63, 3.8) is 0 Å². The summed E-state index contributed by atoms with van der Waals surface area (Å²) in [6.45, 7) is 3.57. The van der Waals surface area contributed by atoms with Crippen LogP contribution in [0.5, 0.6) is 0 Å². The Hall–Kier alpha value is -1.91. The van der Waals surface area contributed by atoms with E-state index in [1.807, 2.05) is 0 Å². The van der Waals surface area contributed by atoms with Gasteiger partial charge in [-0.15, -0.1) is 11.3 Å². The van der Waals surface area contributed by atoms with Gasteiger partial charge < -0.3 is 10.3 Å². The number of nitrogen functional groups attached to an aromatic ring is 1. The van der Waals surface area contributed by atoms with Crippen molar-refractivity contribution in [3.05, 3.63) is 28.6 Å². The van der Waals surface area contributed by atoms with Crippen LogP contribution in [0.2, 0.25) is 0 Å². The molecule has 0 aliphatic heterocycles. The summed E-state index contributed by atoms with van der Waals surface area (Å²) < 4.78 is 33.9. The number of sulfonamides is 1. The fourth-order valence-corrected chi connectivity index (χ4v) is 4.02. The van der Waals surface area contributed by atoms with Gasteiger partial charge in [-0.05, 0) is 13.8 Å². The second-order valence-electron chi connectivity index (χ2n) is 4.49. The molecule has 0 atom stereocenters. The molecule has 0 aromatic carbocycles. The second kappa shape index (κ2) is 4.83. The lowest BCUT2D eigenvalue weighted by molar-refractivity contribution is 0.392. The Bertz CT molecular complexity index is 886. The van der Waals surface area contributed by atoms with Crippen LogP contribution < -0.4 is 10.5 Å². The van der Waals surface area contributed by atoms with Crippen LogP contribution in [0.3, 0.4) is 0 Å². The van der Waals surface area contributed by atoms with Gasteiger partial charge in [0.25, 0.3) is 10.0 Å². The van der Waals surface area contributed by atoms with Crippen LogP contribution in [0.4, 0.5) is 5.82 Å². The highest BCUT2D eigenvalue weighted by atomic mass is 32.2. The lowest BCUT2D eigenvalue weighted by Crippen LogP contribution is -2.25.